The van der Waals surface area contributed by atoms with Gasteiger partial charge in [-0.1, -0.05) is 12.1 Å². The molecule has 0 spiro atoms. The molecule has 0 bridgehead atoms. The maximum absolute atomic E-state index is 12.6. The Morgan fingerprint density at radius 2 is 1.73 bits per heavy atom. The minimum atomic E-state index is -4.36. The van der Waals surface area contributed by atoms with Gasteiger partial charge in [-0.05, 0) is 48.2 Å². The number of hydrogen-bond donors (Lipinski definition) is 3. The van der Waals surface area contributed by atoms with Gasteiger partial charge in [-0.2, -0.15) is 13.2 Å². The third-order valence-corrected chi connectivity index (χ3v) is 4.58. The summed E-state index contributed by atoms with van der Waals surface area (Å²) >= 11 is 0. The van der Waals surface area contributed by atoms with Crippen LogP contribution in [0.15, 0.2) is 47.3 Å². The van der Waals surface area contributed by atoms with Gasteiger partial charge in [0.25, 0.3) is 0 Å². The number of alkyl halides is 3. The van der Waals surface area contributed by atoms with Gasteiger partial charge < -0.3 is 15.3 Å². The SMILES string of the molecule is O=C(Nc1ccc2[nH]c(=O)[nH]c2c1)C1CC1c1ccc(C(F)(F)F)cc1. The molecule has 26 heavy (non-hydrogen) atoms. The van der Waals surface area contributed by atoms with Crippen LogP contribution in [0.2, 0.25) is 0 Å². The molecular formula is C18H14F3N3O2. The Bertz CT molecular complexity index is 1030. The Balaban J connectivity index is 1.44. The standard InChI is InChI=1S/C18H14F3N3O2/c19-18(20,21)10-3-1-9(2-4-10)12-8-13(12)16(25)22-11-5-6-14-15(7-11)24-17(26)23-14/h1-7,12-13H,8H2,(H,22,25)(H2,23,24,26). The van der Waals surface area contributed by atoms with E-state index in [1.807, 2.05) is 0 Å². The van der Waals surface area contributed by atoms with Crippen LogP contribution in [0.5, 0.6) is 0 Å². The highest BCUT2D eigenvalue weighted by Crippen LogP contribution is 2.48. The molecule has 4 rings (SSSR count). The number of halogens is 3. The number of fused-ring (bicyclic) bond motifs is 1. The summed E-state index contributed by atoms with van der Waals surface area (Å²) in [6, 6.07) is 9.95. The normalized spacial score (nSPS) is 19.5. The maximum Gasteiger partial charge on any atom is 0.416 e. The molecule has 1 aromatic heterocycles. The zero-order chi connectivity index (χ0) is 18.5. The van der Waals surface area contributed by atoms with E-state index >= 15 is 0 Å². The van der Waals surface area contributed by atoms with E-state index in [1.165, 1.54) is 12.1 Å². The van der Waals surface area contributed by atoms with Gasteiger partial charge in [0.05, 0.1) is 16.6 Å². The number of aromatic nitrogens is 2. The molecule has 1 aliphatic carbocycles. The number of hydrogen-bond acceptors (Lipinski definition) is 2. The van der Waals surface area contributed by atoms with Crippen LogP contribution < -0.4 is 11.0 Å². The van der Waals surface area contributed by atoms with E-state index in [9.17, 15) is 22.8 Å². The fourth-order valence-corrected chi connectivity index (χ4v) is 3.12. The molecule has 1 amide bonds. The fraction of sp³-hybridized carbons (Fsp3) is 0.222. The lowest BCUT2D eigenvalue weighted by Crippen LogP contribution is -2.14. The van der Waals surface area contributed by atoms with Gasteiger partial charge >= 0.3 is 11.9 Å². The summed E-state index contributed by atoms with van der Waals surface area (Å²) in [6.07, 6.45) is -3.77. The molecule has 0 saturated heterocycles. The van der Waals surface area contributed by atoms with E-state index in [4.69, 9.17) is 0 Å². The molecule has 5 nitrogen and oxygen atoms in total. The van der Waals surface area contributed by atoms with Crippen LogP contribution in [0.25, 0.3) is 11.0 Å². The fourth-order valence-electron chi connectivity index (χ4n) is 3.12. The van der Waals surface area contributed by atoms with E-state index in [0.717, 1.165) is 17.7 Å². The molecule has 2 unspecified atom stereocenters. The summed E-state index contributed by atoms with van der Waals surface area (Å²) in [7, 11) is 0. The van der Waals surface area contributed by atoms with Gasteiger partial charge in [0.15, 0.2) is 0 Å². The van der Waals surface area contributed by atoms with E-state index in [2.05, 4.69) is 15.3 Å². The van der Waals surface area contributed by atoms with Crippen LogP contribution in [0.3, 0.4) is 0 Å². The lowest BCUT2D eigenvalue weighted by atomic mass is 10.1. The van der Waals surface area contributed by atoms with Crippen molar-refractivity contribution < 1.29 is 18.0 Å². The molecule has 2 atom stereocenters. The molecule has 1 saturated carbocycles. The summed E-state index contributed by atoms with van der Waals surface area (Å²) in [6.45, 7) is 0. The first kappa shape index (κ1) is 16.4. The third-order valence-electron chi connectivity index (χ3n) is 4.58. The number of amides is 1. The second kappa shape index (κ2) is 5.76. The molecule has 1 aliphatic rings. The molecule has 3 N–H and O–H groups in total. The average Bonchev–Trinajstić information content (AvgIpc) is 3.29. The summed E-state index contributed by atoms with van der Waals surface area (Å²) in [5.74, 6) is -0.534. The smallest absolute Gasteiger partial charge is 0.326 e. The molecule has 134 valence electrons. The molecule has 0 aliphatic heterocycles. The first-order chi connectivity index (χ1) is 12.3. The predicted octanol–water partition coefficient (Wildman–Crippen LogP) is 3.62. The molecule has 1 heterocycles. The van der Waals surface area contributed by atoms with Crippen LogP contribution in [-0.4, -0.2) is 15.9 Å². The Kier molecular flexibility index (Phi) is 3.64. The van der Waals surface area contributed by atoms with E-state index < -0.39 is 11.7 Å². The van der Waals surface area contributed by atoms with Gasteiger partial charge in [0, 0.05) is 11.6 Å². The maximum atomic E-state index is 12.6. The van der Waals surface area contributed by atoms with Crippen molar-refractivity contribution in [3.63, 3.8) is 0 Å². The Labute approximate surface area is 145 Å². The first-order valence-electron chi connectivity index (χ1n) is 8.01. The molecule has 8 heteroatoms. The zero-order valence-corrected chi connectivity index (χ0v) is 13.4. The summed E-state index contributed by atoms with van der Waals surface area (Å²) in [5.41, 5.74) is 1.48. The number of aromatic amines is 2. The first-order valence-corrected chi connectivity index (χ1v) is 8.01. The Morgan fingerprint density at radius 3 is 2.42 bits per heavy atom. The number of anilines is 1. The summed E-state index contributed by atoms with van der Waals surface area (Å²) in [5, 5.41) is 2.79. The lowest BCUT2D eigenvalue weighted by Gasteiger charge is -2.08. The number of rotatable bonds is 3. The van der Waals surface area contributed by atoms with Crippen LogP contribution in [-0.2, 0) is 11.0 Å². The van der Waals surface area contributed by atoms with Gasteiger partial charge in [0.1, 0.15) is 0 Å². The van der Waals surface area contributed by atoms with Crippen molar-refractivity contribution in [3.8, 4) is 0 Å². The molecular weight excluding hydrogens is 347 g/mol. The van der Waals surface area contributed by atoms with Crippen LogP contribution in [0.4, 0.5) is 18.9 Å². The van der Waals surface area contributed by atoms with Gasteiger partial charge in [0.2, 0.25) is 5.91 Å². The van der Waals surface area contributed by atoms with Crippen molar-refractivity contribution >= 4 is 22.6 Å². The number of nitrogens with one attached hydrogen (secondary N) is 3. The Morgan fingerprint density at radius 1 is 1.04 bits per heavy atom. The van der Waals surface area contributed by atoms with Crippen molar-refractivity contribution in [2.24, 2.45) is 5.92 Å². The zero-order valence-electron chi connectivity index (χ0n) is 13.4. The monoisotopic (exact) mass is 361 g/mol. The van der Waals surface area contributed by atoms with E-state index in [0.29, 0.717) is 23.1 Å². The number of carbonyl (C=O) groups excluding carboxylic acids is 1. The number of imidazole rings is 1. The van der Waals surface area contributed by atoms with Gasteiger partial charge in [-0.25, -0.2) is 4.79 Å². The highest BCUT2D eigenvalue weighted by molar-refractivity contribution is 5.96. The Hall–Kier alpha value is -3.03. The van der Waals surface area contributed by atoms with Crippen molar-refractivity contribution in [1.29, 1.82) is 0 Å². The molecule has 0 radical (unpaired) electrons. The number of carbonyl (C=O) groups is 1. The van der Waals surface area contributed by atoms with Crippen LogP contribution in [0, 0.1) is 5.92 Å². The quantitative estimate of drug-likeness (QED) is 0.666. The topological polar surface area (TPSA) is 77.8 Å². The molecule has 2 aromatic carbocycles. The van der Waals surface area contributed by atoms with E-state index in [1.54, 1.807) is 18.2 Å². The largest absolute Gasteiger partial charge is 0.416 e. The predicted molar refractivity (Wildman–Crippen MR) is 89.8 cm³/mol. The minimum Gasteiger partial charge on any atom is -0.326 e. The van der Waals surface area contributed by atoms with Gasteiger partial charge in [-0.15, -0.1) is 0 Å². The van der Waals surface area contributed by atoms with Crippen molar-refractivity contribution in [3.05, 3.63) is 64.1 Å². The molecule has 3 aromatic rings. The lowest BCUT2D eigenvalue weighted by molar-refractivity contribution is -0.137. The molecule has 1 fully saturated rings. The number of H-pyrrole nitrogens is 2. The third kappa shape index (κ3) is 3.10. The second-order valence-electron chi connectivity index (χ2n) is 6.40. The number of benzene rings is 2. The minimum absolute atomic E-state index is 0.0759. The van der Waals surface area contributed by atoms with Crippen molar-refractivity contribution in [2.75, 3.05) is 5.32 Å². The van der Waals surface area contributed by atoms with Crippen LogP contribution in [0.1, 0.15) is 23.5 Å². The van der Waals surface area contributed by atoms with Crippen molar-refractivity contribution in [2.45, 2.75) is 18.5 Å². The van der Waals surface area contributed by atoms with Crippen LogP contribution >= 0.6 is 0 Å². The summed E-state index contributed by atoms with van der Waals surface area (Å²) in [4.78, 5) is 28.8. The summed E-state index contributed by atoms with van der Waals surface area (Å²) < 4.78 is 37.8. The van der Waals surface area contributed by atoms with E-state index in [-0.39, 0.29) is 23.4 Å². The highest BCUT2D eigenvalue weighted by atomic mass is 19.4. The average molecular weight is 361 g/mol. The highest BCUT2D eigenvalue weighted by Gasteiger charge is 2.44. The van der Waals surface area contributed by atoms with Crippen molar-refractivity contribution in [1.82, 2.24) is 9.97 Å². The second-order valence-corrected chi connectivity index (χ2v) is 6.40. The van der Waals surface area contributed by atoms with Gasteiger partial charge in [-0.3, -0.25) is 4.79 Å².